The molecule has 3 rings (SSSR count). The maximum absolute atomic E-state index is 9.75. The van der Waals surface area contributed by atoms with Gasteiger partial charge in [-0.25, -0.2) is 4.98 Å². The number of hydrogen-bond donors (Lipinski definition) is 1. The van der Waals surface area contributed by atoms with Gasteiger partial charge in [0, 0.05) is 24.4 Å². The average Bonchev–Trinajstić information content (AvgIpc) is 3.29. The van der Waals surface area contributed by atoms with Gasteiger partial charge in [0.05, 0.1) is 24.1 Å². The summed E-state index contributed by atoms with van der Waals surface area (Å²) in [6, 6.07) is 12.2. The number of aromatic nitrogens is 2. The second-order valence-electron chi connectivity index (χ2n) is 8.63. The highest BCUT2D eigenvalue weighted by Crippen LogP contribution is 2.37. The minimum Gasteiger partial charge on any atom is -0.492 e. The summed E-state index contributed by atoms with van der Waals surface area (Å²) in [5.41, 5.74) is 3.09. The number of aryl methyl sites for hydroxylation is 2. The van der Waals surface area contributed by atoms with Crippen LogP contribution in [-0.2, 0) is 12.0 Å². The van der Waals surface area contributed by atoms with E-state index in [9.17, 15) is 5.11 Å². The largest absolute Gasteiger partial charge is 0.492 e. The Morgan fingerprint density at radius 2 is 1.81 bits per heavy atom. The topological polar surface area (TPSA) is 56.5 Å². The maximum atomic E-state index is 9.75. The molecule has 0 saturated carbocycles. The molecule has 0 aliphatic heterocycles. The fourth-order valence-electron chi connectivity index (χ4n) is 3.53. The first-order valence-electron chi connectivity index (χ1n) is 11.1. The Morgan fingerprint density at radius 3 is 2.44 bits per heavy atom. The Kier molecular flexibility index (Phi) is 8.21. The molecular weight excluding hydrogens is 424 g/mol. The fourth-order valence-corrected chi connectivity index (χ4v) is 3.76. The molecule has 3 aromatic rings. The van der Waals surface area contributed by atoms with Gasteiger partial charge in [-0.05, 0) is 54.7 Å². The van der Waals surface area contributed by atoms with Gasteiger partial charge in [0.1, 0.15) is 18.1 Å². The molecule has 0 spiro atoms. The SMILES string of the molecule is CC[C@H](O)COc1ccc(C(C)(C)c2ccc(OCCCn3ccnc3)c(Cl)c2)cc1C. The number of ether oxygens (including phenoxy) is 2. The van der Waals surface area contributed by atoms with Crippen molar-refractivity contribution in [3.8, 4) is 11.5 Å². The summed E-state index contributed by atoms with van der Waals surface area (Å²) in [5, 5.41) is 10.4. The van der Waals surface area contributed by atoms with E-state index in [0.29, 0.717) is 30.4 Å². The van der Waals surface area contributed by atoms with Crippen LogP contribution in [0.3, 0.4) is 0 Å². The monoisotopic (exact) mass is 456 g/mol. The molecule has 5 nitrogen and oxygen atoms in total. The Hall–Kier alpha value is -2.50. The molecule has 6 heteroatoms. The van der Waals surface area contributed by atoms with Gasteiger partial charge in [-0.1, -0.05) is 50.6 Å². The van der Waals surface area contributed by atoms with Crippen molar-refractivity contribution in [2.24, 2.45) is 0 Å². The third-order valence-electron chi connectivity index (χ3n) is 5.83. The first-order chi connectivity index (χ1) is 15.3. The lowest BCUT2D eigenvalue weighted by Gasteiger charge is -2.27. The van der Waals surface area contributed by atoms with E-state index in [0.717, 1.165) is 29.8 Å². The molecule has 0 aliphatic rings. The zero-order valence-electron chi connectivity index (χ0n) is 19.3. The number of imidazole rings is 1. The van der Waals surface area contributed by atoms with Crippen LogP contribution in [0.4, 0.5) is 0 Å². The number of halogens is 1. The van der Waals surface area contributed by atoms with Crippen LogP contribution in [0.2, 0.25) is 5.02 Å². The normalized spacial score (nSPS) is 12.6. The summed E-state index contributed by atoms with van der Waals surface area (Å²) in [6.07, 6.45) is 6.63. The molecule has 172 valence electrons. The Balaban J connectivity index is 1.65. The van der Waals surface area contributed by atoms with Crippen molar-refractivity contribution in [2.75, 3.05) is 13.2 Å². The minimum atomic E-state index is -0.445. The molecule has 1 aromatic heterocycles. The lowest BCUT2D eigenvalue weighted by Crippen LogP contribution is -2.20. The summed E-state index contributed by atoms with van der Waals surface area (Å²) < 4.78 is 13.7. The quantitative estimate of drug-likeness (QED) is 0.371. The van der Waals surface area contributed by atoms with Crippen molar-refractivity contribution in [1.29, 1.82) is 0 Å². The van der Waals surface area contributed by atoms with Crippen molar-refractivity contribution < 1.29 is 14.6 Å². The van der Waals surface area contributed by atoms with E-state index in [2.05, 4.69) is 37.0 Å². The number of aliphatic hydroxyl groups excluding tert-OH is 1. The van der Waals surface area contributed by atoms with E-state index in [1.54, 1.807) is 12.5 Å². The molecule has 0 amide bonds. The third-order valence-corrected chi connectivity index (χ3v) is 6.13. The summed E-state index contributed by atoms with van der Waals surface area (Å²) >= 11 is 6.56. The van der Waals surface area contributed by atoms with Gasteiger partial charge in [0.2, 0.25) is 0 Å². The van der Waals surface area contributed by atoms with E-state index in [1.165, 1.54) is 5.56 Å². The summed E-state index contributed by atoms with van der Waals surface area (Å²) in [6.45, 7) is 10.1. The lowest BCUT2D eigenvalue weighted by molar-refractivity contribution is 0.104. The van der Waals surface area contributed by atoms with E-state index >= 15 is 0 Å². The van der Waals surface area contributed by atoms with Crippen molar-refractivity contribution in [3.05, 3.63) is 76.8 Å². The predicted molar refractivity (Wildman–Crippen MR) is 129 cm³/mol. The molecule has 32 heavy (non-hydrogen) atoms. The van der Waals surface area contributed by atoms with Crippen LogP contribution in [0.1, 0.15) is 50.3 Å². The van der Waals surface area contributed by atoms with E-state index in [-0.39, 0.29) is 5.41 Å². The lowest BCUT2D eigenvalue weighted by atomic mass is 9.77. The smallest absolute Gasteiger partial charge is 0.137 e. The van der Waals surface area contributed by atoms with Crippen LogP contribution < -0.4 is 9.47 Å². The van der Waals surface area contributed by atoms with Gasteiger partial charge in [0.25, 0.3) is 0 Å². The van der Waals surface area contributed by atoms with Crippen LogP contribution in [0.5, 0.6) is 11.5 Å². The van der Waals surface area contributed by atoms with Crippen molar-refractivity contribution in [1.82, 2.24) is 9.55 Å². The first-order valence-corrected chi connectivity index (χ1v) is 11.5. The van der Waals surface area contributed by atoms with E-state index in [4.69, 9.17) is 21.1 Å². The van der Waals surface area contributed by atoms with Crippen LogP contribution >= 0.6 is 11.6 Å². The zero-order chi connectivity index (χ0) is 23.1. The molecular formula is C26H33ClN2O3. The molecule has 0 unspecified atom stereocenters. The van der Waals surface area contributed by atoms with Gasteiger partial charge in [0.15, 0.2) is 0 Å². The summed E-state index contributed by atoms with van der Waals surface area (Å²) in [7, 11) is 0. The Morgan fingerprint density at radius 1 is 1.09 bits per heavy atom. The van der Waals surface area contributed by atoms with Crippen LogP contribution in [0.15, 0.2) is 55.1 Å². The number of nitrogens with zero attached hydrogens (tertiary/aromatic N) is 2. The minimum absolute atomic E-state index is 0.240. The maximum Gasteiger partial charge on any atom is 0.137 e. The molecule has 1 N–H and O–H groups in total. The summed E-state index contributed by atoms with van der Waals surface area (Å²) in [5.74, 6) is 1.50. The van der Waals surface area contributed by atoms with Gasteiger partial charge >= 0.3 is 0 Å². The molecule has 0 radical (unpaired) electrons. The highest BCUT2D eigenvalue weighted by molar-refractivity contribution is 6.32. The molecule has 1 atom stereocenters. The molecule has 0 bridgehead atoms. The molecule has 2 aromatic carbocycles. The average molecular weight is 457 g/mol. The standard InChI is InChI=1S/C26H33ClN2O3/c1-5-22(30)17-32-24-9-7-20(15-19(24)2)26(3,4)21-8-10-25(23(27)16-21)31-14-6-12-29-13-11-28-18-29/h7-11,13,15-16,18,22,30H,5-6,12,14,17H2,1-4H3/t22-/m0/s1. The van der Waals surface area contributed by atoms with Crippen LogP contribution in [0.25, 0.3) is 0 Å². The Labute approximate surface area is 196 Å². The zero-order valence-corrected chi connectivity index (χ0v) is 20.1. The van der Waals surface area contributed by atoms with Gasteiger partial charge in [-0.3, -0.25) is 0 Å². The fraction of sp³-hybridized carbons (Fsp3) is 0.423. The third kappa shape index (κ3) is 6.05. The van der Waals surface area contributed by atoms with Gasteiger partial charge in [-0.2, -0.15) is 0 Å². The van der Waals surface area contributed by atoms with Crippen molar-refractivity contribution in [2.45, 2.75) is 58.6 Å². The molecule has 0 fully saturated rings. The van der Waals surface area contributed by atoms with Crippen molar-refractivity contribution in [3.63, 3.8) is 0 Å². The predicted octanol–water partition coefficient (Wildman–Crippen LogP) is 5.79. The Bertz CT molecular complexity index is 1000. The second kappa shape index (κ2) is 10.9. The molecule has 0 aliphatic carbocycles. The highest BCUT2D eigenvalue weighted by atomic mass is 35.5. The number of aliphatic hydroxyl groups is 1. The van der Waals surface area contributed by atoms with E-state index < -0.39 is 6.10 Å². The highest BCUT2D eigenvalue weighted by Gasteiger charge is 2.25. The first kappa shape index (κ1) is 24.1. The number of rotatable bonds is 11. The van der Waals surface area contributed by atoms with Crippen molar-refractivity contribution >= 4 is 11.6 Å². The summed E-state index contributed by atoms with van der Waals surface area (Å²) in [4.78, 5) is 4.04. The van der Waals surface area contributed by atoms with Crippen LogP contribution in [-0.4, -0.2) is 34.0 Å². The molecule has 0 saturated heterocycles. The molecule has 1 heterocycles. The number of benzene rings is 2. The van der Waals surface area contributed by atoms with Crippen LogP contribution in [0, 0.1) is 6.92 Å². The van der Waals surface area contributed by atoms with Gasteiger partial charge < -0.3 is 19.1 Å². The van der Waals surface area contributed by atoms with Gasteiger partial charge in [-0.15, -0.1) is 0 Å². The second-order valence-corrected chi connectivity index (χ2v) is 9.03. The van der Waals surface area contributed by atoms with E-state index in [1.807, 2.05) is 42.8 Å². The number of hydrogen-bond acceptors (Lipinski definition) is 4.